The Balaban J connectivity index is 1.19. The van der Waals surface area contributed by atoms with Crippen LogP contribution in [0.4, 0.5) is 5.69 Å². The molecule has 6 nitrogen and oxygen atoms in total. The van der Waals surface area contributed by atoms with Crippen molar-refractivity contribution in [1.82, 2.24) is 9.88 Å². The molecule has 0 bridgehead atoms. The first-order valence-corrected chi connectivity index (χ1v) is 15.2. The average molecular weight is 616 g/mol. The molecule has 0 spiro atoms. The van der Waals surface area contributed by atoms with Crippen LogP contribution in [-0.2, 0) is 4.79 Å². The maximum absolute atomic E-state index is 13.5. The van der Waals surface area contributed by atoms with E-state index in [1.807, 2.05) is 66.7 Å². The molecule has 0 unspecified atom stereocenters. The average Bonchev–Trinajstić information content (AvgIpc) is 3.39. The third-order valence-electron chi connectivity index (χ3n) is 6.99. The van der Waals surface area contributed by atoms with Crippen LogP contribution in [0.2, 0.25) is 5.02 Å². The first kappa shape index (κ1) is 29.0. The van der Waals surface area contributed by atoms with Gasteiger partial charge in [0.2, 0.25) is 5.91 Å². The number of anilines is 1. The van der Waals surface area contributed by atoms with Gasteiger partial charge < -0.3 is 10.6 Å². The van der Waals surface area contributed by atoms with Gasteiger partial charge in [-0.05, 0) is 66.2 Å². The Labute approximate surface area is 263 Å². The van der Waals surface area contributed by atoms with E-state index in [4.69, 9.17) is 11.6 Å². The minimum atomic E-state index is -0.493. The molecule has 6 rings (SSSR count). The zero-order valence-electron chi connectivity index (χ0n) is 23.4. The maximum Gasteiger partial charge on any atom is 0.272 e. The Bertz CT molecular complexity index is 1980. The highest BCUT2D eigenvalue weighted by Gasteiger charge is 2.17. The third kappa shape index (κ3) is 6.44. The van der Waals surface area contributed by atoms with Gasteiger partial charge in [0.15, 0.2) is 0 Å². The lowest BCUT2D eigenvalue weighted by atomic mass is 10.1. The molecule has 0 aliphatic rings. The lowest BCUT2D eigenvalue weighted by molar-refractivity contribution is -0.113. The second-order valence-electron chi connectivity index (χ2n) is 9.96. The molecule has 6 aromatic rings. The number of benzene rings is 5. The number of rotatable bonds is 8. The lowest BCUT2D eigenvalue weighted by Gasteiger charge is -2.12. The molecule has 0 fully saturated rings. The van der Waals surface area contributed by atoms with E-state index in [9.17, 15) is 14.4 Å². The Morgan fingerprint density at radius 2 is 1.36 bits per heavy atom. The second-order valence-corrected chi connectivity index (χ2v) is 11.4. The molecular weight excluding hydrogens is 590 g/mol. The summed E-state index contributed by atoms with van der Waals surface area (Å²) in [6.07, 6.45) is 1.59. The summed E-state index contributed by atoms with van der Waals surface area (Å²) in [5, 5.41) is 8.26. The van der Waals surface area contributed by atoms with Crippen LogP contribution in [0.25, 0.3) is 27.9 Å². The van der Waals surface area contributed by atoms with E-state index in [2.05, 4.69) is 10.6 Å². The summed E-state index contributed by atoms with van der Waals surface area (Å²) in [6.45, 7) is 0. The van der Waals surface area contributed by atoms with Gasteiger partial charge in [-0.25, -0.2) is 0 Å². The molecule has 0 aliphatic carbocycles. The SMILES string of the molecule is O=C(Nc1cccc(SCC(=O)n2c3ccccc3c3ccccc32)c1)/C(=C\c1ccc(Cl)cc1)NC(=O)c1ccccc1. The largest absolute Gasteiger partial charge is 0.321 e. The van der Waals surface area contributed by atoms with Gasteiger partial charge in [-0.15, -0.1) is 11.8 Å². The van der Waals surface area contributed by atoms with Gasteiger partial charge in [-0.2, -0.15) is 0 Å². The molecule has 0 atom stereocenters. The number of fused-ring (bicyclic) bond motifs is 3. The molecule has 1 heterocycles. The molecule has 0 aliphatic heterocycles. The molecular formula is C36H26ClN3O3S. The predicted molar refractivity (Wildman–Crippen MR) is 179 cm³/mol. The summed E-state index contributed by atoms with van der Waals surface area (Å²) in [5.74, 6) is -0.741. The van der Waals surface area contributed by atoms with Crippen LogP contribution >= 0.6 is 23.4 Å². The monoisotopic (exact) mass is 615 g/mol. The molecule has 8 heteroatoms. The summed E-state index contributed by atoms with van der Waals surface area (Å²) in [5.41, 5.74) is 3.46. The van der Waals surface area contributed by atoms with Crippen molar-refractivity contribution in [2.24, 2.45) is 0 Å². The lowest BCUT2D eigenvalue weighted by Crippen LogP contribution is -2.30. The zero-order chi connectivity index (χ0) is 30.5. The zero-order valence-corrected chi connectivity index (χ0v) is 24.9. The van der Waals surface area contributed by atoms with E-state index in [1.165, 1.54) is 11.8 Å². The first-order valence-electron chi connectivity index (χ1n) is 13.9. The maximum atomic E-state index is 13.5. The number of amides is 2. The van der Waals surface area contributed by atoms with Crippen LogP contribution in [0.15, 0.2) is 138 Å². The van der Waals surface area contributed by atoms with Crippen LogP contribution in [-0.4, -0.2) is 28.0 Å². The van der Waals surface area contributed by atoms with E-state index in [0.29, 0.717) is 21.8 Å². The first-order chi connectivity index (χ1) is 21.5. The fourth-order valence-electron chi connectivity index (χ4n) is 4.93. The van der Waals surface area contributed by atoms with Gasteiger partial charge in [-0.1, -0.05) is 84.4 Å². The summed E-state index contributed by atoms with van der Waals surface area (Å²) < 4.78 is 1.77. The summed E-state index contributed by atoms with van der Waals surface area (Å²) in [6, 6.07) is 38.7. The van der Waals surface area contributed by atoms with Gasteiger partial charge in [0.25, 0.3) is 11.8 Å². The minimum absolute atomic E-state index is 0.0429. The Morgan fingerprint density at radius 3 is 2.05 bits per heavy atom. The molecule has 0 saturated carbocycles. The number of aromatic nitrogens is 1. The van der Waals surface area contributed by atoms with E-state index < -0.39 is 11.8 Å². The molecule has 2 N–H and O–H groups in total. The standard InChI is InChI=1S/C36H26ClN3O3S/c37-26-19-17-24(18-20-26)21-31(39-35(42)25-9-2-1-3-10-25)36(43)38-27-11-8-12-28(22-27)44-23-34(41)40-32-15-6-4-13-29(32)30-14-5-7-16-33(30)40/h1-22H,23H2,(H,38,43)(H,39,42)/b31-21+. The van der Waals surface area contributed by atoms with Crippen LogP contribution in [0.5, 0.6) is 0 Å². The molecule has 5 aromatic carbocycles. The Morgan fingerprint density at radius 1 is 0.727 bits per heavy atom. The van der Waals surface area contributed by atoms with Crippen molar-refractivity contribution in [2.75, 3.05) is 11.1 Å². The normalized spacial score (nSPS) is 11.4. The number of nitrogens with zero attached hydrogens (tertiary/aromatic N) is 1. The molecule has 0 saturated heterocycles. The second kappa shape index (κ2) is 13.0. The van der Waals surface area contributed by atoms with Crippen LogP contribution < -0.4 is 10.6 Å². The topological polar surface area (TPSA) is 80.2 Å². The van der Waals surface area contributed by atoms with Crippen LogP contribution in [0.1, 0.15) is 20.7 Å². The van der Waals surface area contributed by atoms with Crippen molar-refractivity contribution in [3.05, 3.63) is 149 Å². The molecule has 2 amide bonds. The van der Waals surface area contributed by atoms with E-state index in [1.54, 1.807) is 71.3 Å². The summed E-state index contributed by atoms with van der Waals surface area (Å²) >= 11 is 7.42. The highest BCUT2D eigenvalue weighted by atomic mass is 35.5. The quantitative estimate of drug-likeness (QED) is 0.133. The highest BCUT2D eigenvalue weighted by Crippen LogP contribution is 2.30. The van der Waals surface area contributed by atoms with Crippen molar-refractivity contribution in [3.8, 4) is 0 Å². The fourth-order valence-corrected chi connectivity index (χ4v) is 5.86. The molecule has 0 radical (unpaired) electrons. The van der Waals surface area contributed by atoms with Crippen LogP contribution in [0.3, 0.4) is 0 Å². The number of hydrogen-bond acceptors (Lipinski definition) is 4. The van der Waals surface area contributed by atoms with Crippen molar-refractivity contribution in [2.45, 2.75) is 4.90 Å². The van der Waals surface area contributed by atoms with Gasteiger partial charge in [-0.3, -0.25) is 19.0 Å². The number of carbonyl (C=O) groups excluding carboxylic acids is 3. The smallest absolute Gasteiger partial charge is 0.272 e. The van der Waals surface area contributed by atoms with E-state index >= 15 is 0 Å². The van der Waals surface area contributed by atoms with Gasteiger partial charge in [0.05, 0.1) is 16.8 Å². The van der Waals surface area contributed by atoms with Crippen molar-refractivity contribution < 1.29 is 14.4 Å². The van der Waals surface area contributed by atoms with Crippen molar-refractivity contribution in [3.63, 3.8) is 0 Å². The highest BCUT2D eigenvalue weighted by molar-refractivity contribution is 8.00. The van der Waals surface area contributed by atoms with E-state index in [-0.39, 0.29) is 17.4 Å². The molecule has 216 valence electrons. The number of nitrogens with one attached hydrogen (secondary N) is 2. The Kier molecular flexibility index (Phi) is 8.59. The number of para-hydroxylation sites is 2. The van der Waals surface area contributed by atoms with Gasteiger partial charge in [0.1, 0.15) is 5.70 Å². The summed E-state index contributed by atoms with van der Waals surface area (Å²) in [4.78, 5) is 40.7. The number of halogens is 1. The number of thioether (sulfide) groups is 1. The predicted octanol–water partition coefficient (Wildman–Crippen LogP) is 8.29. The third-order valence-corrected chi connectivity index (χ3v) is 8.22. The number of hydrogen-bond donors (Lipinski definition) is 2. The van der Waals surface area contributed by atoms with Gasteiger partial charge in [0, 0.05) is 31.9 Å². The molecule has 44 heavy (non-hydrogen) atoms. The van der Waals surface area contributed by atoms with Crippen molar-refractivity contribution in [1.29, 1.82) is 0 Å². The minimum Gasteiger partial charge on any atom is -0.321 e. The van der Waals surface area contributed by atoms with Crippen LogP contribution in [0, 0.1) is 0 Å². The molecule has 1 aromatic heterocycles. The van der Waals surface area contributed by atoms with Gasteiger partial charge >= 0.3 is 0 Å². The fraction of sp³-hybridized carbons (Fsp3) is 0.0278. The van der Waals surface area contributed by atoms with Crippen molar-refractivity contribution >= 4 is 74.7 Å². The van der Waals surface area contributed by atoms with E-state index in [0.717, 1.165) is 26.7 Å². The summed E-state index contributed by atoms with van der Waals surface area (Å²) in [7, 11) is 0. The number of carbonyl (C=O) groups is 3. The Hall–Kier alpha value is -5.11.